The highest BCUT2D eigenvalue weighted by Gasteiger charge is 2.78. The minimum absolute atomic E-state index is 0.676. The van der Waals surface area contributed by atoms with Gasteiger partial charge in [0, 0.05) is 12.1 Å². The number of hydrogen-bond acceptors (Lipinski definition) is 1. The van der Waals surface area contributed by atoms with E-state index in [1.807, 2.05) is 0 Å². The molecule has 88 valence electrons. The van der Waals surface area contributed by atoms with E-state index in [-0.39, 0.29) is 0 Å². The quantitative estimate of drug-likeness (QED) is 0.671. The molecule has 1 heteroatoms. The molecule has 2 aliphatic carbocycles. The molecule has 0 aromatic rings. The maximum absolute atomic E-state index is 2.53. The second-order valence-electron chi connectivity index (χ2n) is 6.28. The van der Waals surface area contributed by atoms with E-state index in [0.717, 1.165) is 29.2 Å². The molecule has 0 N–H and O–H groups in total. The average molecular weight is 209 g/mol. The van der Waals surface area contributed by atoms with Crippen LogP contribution < -0.4 is 0 Å². The van der Waals surface area contributed by atoms with E-state index in [9.17, 15) is 0 Å². The minimum Gasteiger partial charge on any atom is -0.301 e. The monoisotopic (exact) mass is 209 g/mol. The molecule has 2 aliphatic rings. The van der Waals surface area contributed by atoms with Crippen LogP contribution in [-0.2, 0) is 0 Å². The molecule has 1 nitrogen and oxygen atoms in total. The summed E-state index contributed by atoms with van der Waals surface area (Å²) in [6.07, 6.45) is 2.96. The molecule has 0 aromatic carbocycles. The van der Waals surface area contributed by atoms with Crippen LogP contribution in [-0.4, -0.2) is 24.0 Å². The number of fused-ring (bicyclic) bond motifs is 1. The molecule has 15 heavy (non-hydrogen) atoms. The van der Waals surface area contributed by atoms with Crippen LogP contribution >= 0.6 is 0 Å². The Kier molecular flexibility index (Phi) is 2.65. The molecule has 0 heterocycles. The van der Waals surface area contributed by atoms with Gasteiger partial charge in [0.1, 0.15) is 0 Å². The van der Waals surface area contributed by atoms with Gasteiger partial charge in [-0.25, -0.2) is 0 Å². The van der Waals surface area contributed by atoms with Gasteiger partial charge in [0.25, 0.3) is 0 Å². The van der Waals surface area contributed by atoms with Gasteiger partial charge in [0.15, 0.2) is 0 Å². The Morgan fingerprint density at radius 1 is 1.27 bits per heavy atom. The predicted octanol–water partition coefficient (Wildman–Crippen LogP) is 3.40. The van der Waals surface area contributed by atoms with E-state index in [4.69, 9.17) is 0 Å². The smallest absolute Gasteiger partial charge is 0.00951 e. The van der Waals surface area contributed by atoms with Crippen LogP contribution in [0.2, 0.25) is 0 Å². The molecular formula is C14H27N. The van der Waals surface area contributed by atoms with Gasteiger partial charge in [-0.3, -0.25) is 0 Å². The lowest BCUT2D eigenvalue weighted by molar-refractivity contribution is 0.130. The van der Waals surface area contributed by atoms with Crippen LogP contribution in [0.4, 0.5) is 0 Å². The highest BCUT2D eigenvalue weighted by Crippen LogP contribution is 2.83. The van der Waals surface area contributed by atoms with Gasteiger partial charge in [-0.15, -0.1) is 0 Å². The molecule has 2 fully saturated rings. The molecule has 5 atom stereocenters. The van der Waals surface area contributed by atoms with E-state index in [0.29, 0.717) is 6.04 Å². The fourth-order valence-electron chi connectivity index (χ4n) is 3.74. The summed E-state index contributed by atoms with van der Waals surface area (Å²) in [6.45, 7) is 11.9. The van der Waals surface area contributed by atoms with Crippen LogP contribution in [0, 0.1) is 23.2 Å². The van der Waals surface area contributed by atoms with Crippen molar-refractivity contribution in [1.82, 2.24) is 4.90 Å². The van der Waals surface area contributed by atoms with Crippen molar-refractivity contribution < 1.29 is 0 Å². The highest BCUT2D eigenvalue weighted by atomic mass is 15.2. The summed E-state index contributed by atoms with van der Waals surface area (Å²) in [5.74, 6) is 3.05. The van der Waals surface area contributed by atoms with Gasteiger partial charge < -0.3 is 4.90 Å². The fraction of sp³-hybridized carbons (Fsp3) is 1.00. The Hall–Kier alpha value is -0.0400. The molecule has 0 bridgehead atoms. The van der Waals surface area contributed by atoms with Gasteiger partial charge in [0.2, 0.25) is 0 Å². The molecule has 0 spiro atoms. The maximum Gasteiger partial charge on any atom is 0.00951 e. The van der Waals surface area contributed by atoms with E-state index in [2.05, 4.69) is 46.6 Å². The zero-order valence-corrected chi connectivity index (χ0v) is 11.2. The summed E-state index contributed by atoms with van der Waals surface area (Å²) in [5.41, 5.74) is 0.825. The second kappa shape index (κ2) is 3.48. The normalized spacial score (nSPS) is 41.6. The predicted molar refractivity (Wildman–Crippen MR) is 65.8 cm³/mol. The maximum atomic E-state index is 2.53. The number of hydrogen-bond donors (Lipinski definition) is 0. The third kappa shape index (κ3) is 1.54. The summed E-state index contributed by atoms with van der Waals surface area (Å²) >= 11 is 0. The molecule has 2 saturated carbocycles. The standard InChI is InChI=1S/C14H27N/c1-7-14-8-12(14)13(14)10(4)11(5)15(6)9(2)3/h9-13H,7-8H2,1-6H3. The van der Waals surface area contributed by atoms with Gasteiger partial charge in [-0.2, -0.15) is 0 Å². The van der Waals surface area contributed by atoms with E-state index >= 15 is 0 Å². The summed E-state index contributed by atoms with van der Waals surface area (Å²) in [7, 11) is 2.28. The molecule has 0 saturated heterocycles. The van der Waals surface area contributed by atoms with Gasteiger partial charge in [-0.1, -0.05) is 13.8 Å². The zero-order chi connectivity index (χ0) is 11.4. The van der Waals surface area contributed by atoms with Crippen LogP contribution in [0.25, 0.3) is 0 Å². The first-order chi connectivity index (χ1) is 6.95. The van der Waals surface area contributed by atoms with Gasteiger partial charge in [0.05, 0.1) is 0 Å². The topological polar surface area (TPSA) is 3.24 Å². The average Bonchev–Trinajstić information content (AvgIpc) is 3.02. The Morgan fingerprint density at radius 3 is 2.20 bits per heavy atom. The highest BCUT2D eigenvalue weighted by molar-refractivity contribution is 5.26. The molecule has 0 aromatic heterocycles. The summed E-state index contributed by atoms with van der Waals surface area (Å²) < 4.78 is 0. The van der Waals surface area contributed by atoms with E-state index < -0.39 is 0 Å². The number of rotatable bonds is 5. The third-order valence-electron chi connectivity index (χ3n) is 5.61. The summed E-state index contributed by atoms with van der Waals surface area (Å²) in [5, 5.41) is 0. The first-order valence-electron chi connectivity index (χ1n) is 6.67. The molecular weight excluding hydrogens is 182 g/mol. The van der Waals surface area contributed by atoms with E-state index in [1.54, 1.807) is 0 Å². The SMILES string of the molecule is CCC12CC1C2C(C)C(C)N(C)C(C)C. The molecule has 0 aliphatic heterocycles. The van der Waals surface area contributed by atoms with Crippen molar-refractivity contribution in [2.45, 2.75) is 59.5 Å². The van der Waals surface area contributed by atoms with Crippen molar-refractivity contribution in [3.8, 4) is 0 Å². The molecule has 5 unspecified atom stereocenters. The van der Waals surface area contributed by atoms with Crippen molar-refractivity contribution in [1.29, 1.82) is 0 Å². The van der Waals surface area contributed by atoms with Crippen molar-refractivity contribution in [3.05, 3.63) is 0 Å². The van der Waals surface area contributed by atoms with Crippen LogP contribution in [0.3, 0.4) is 0 Å². The molecule has 0 amide bonds. The lowest BCUT2D eigenvalue weighted by atomic mass is 9.86. The lowest BCUT2D eigenvalue weighted by Gasteiger charge is -2.35. The Balaban J connectivity index is 1.90. The first-order valence-corrected chi connectivity index (χ1v) is 6.67. The van der Waals surface area contributed by atoms with Crippen molar-refractivity contribution in [2.24, 2.45) is 23.2 Å². The Labute approximate surface area is 95.2 Å². The zero-order valence-electron chi connectivity index (χ0n) is 11.2. The molecule has 0 radical (unpaired) electrons. The Bertz CT molecular complexity index is 248. The molecule has 2 rings (SSSR count). The van der Waals surface area contributed by atoms with E-state index in [1.165, 1.54) is 12.8 Å². The third-order valence-corrected chi connectivity index (χ3v) is 5.61. The van der Waals surface area contributed by atoms with Gasteiger partial charge in [-0.05, 0) is 63.8 Å². The summed E-state index contributed by atoms with van der Waals surface area (Å²) in [6, 6.07) is 1.42. The van der Waals surface area contributed by atoms with Gasteiger partial charge >= 0.3 is 0 Å². The Morgan fingerprint density at radius 2 is 1.87 bits per heavy atom. The van der Waals surface area contributed by atoms with Crippen LogP contribution in [0.1, 0.15) is 47.5 Å². The summed E-state index contributed by atoms with van der Waals surface area (Å²) in [4.78, 5) is 2.53. The lowest BCUT2D eigenvalue weighted by Crippen LogP contribution is -2.40. The van der Waals surface area contributed by atoms with Crippen LogP contribution in [0.15, 0.2) is 0 Å². The van der Waals surface area contributed by atoms with Crippen molar-refractivity contribution >= 4 is 0 Å². The van der Waals surface area contributed by atoms with Crippen molar-refractivity contribution in [3.63, 3.8) is 0 Å². The van der Waals surface area contributed by atoms with Crippen molar-refractivity contribution in [2.75, 3.05) is 7.05 Å². The second-order valence-corrected chi connectivity index (χ2v) is 6.28. The van der Waals surface area contributed by atoms with Crippen LogP contribution in [0.5, 0.6) is 0 Å². The minimum atomic E-state index is 0.676. The first kappa shape index (κ1) is 11.4. The largest absolute Gasteiger partial charge is 0.301 e. The number of nitrogens with zero attached hydrogens (tertiary/aromatic N) is 1. The fourth-order valence-corrected chi connectivity index (χ4v) is 3.74.